The molecule has 0 fully saturated rings. The molecule has 0 saturated heterocycles. The Kier molecular flexibility index (Phi) is 9.33. The van der Waals surface area contributed by atoms with E-state index in [1.807, 2.05) is 0 Å². The minimum Gasteiger partial charge on any atom is -0.192 e. The first-order valence-corrected chi connectivity index (χ1v) is 14.6. The van der Waals surface area contributed by atoms with Crippen molar-refractivity contribution < 1.29 is 52.7 Å². The Labute approximate surface area is 304 Å². The van der Waals surface area contributed by atoms with Crippen molar-refractivity contribution in [3.63, 3.8) is 0 Å². The second-order valence-electron chi connectivity index (χ2n) is 11.5. The van der Waals surface area contributed by atoms with Gasteiger partial charge in [0, 0.05) is 33.4 Å². The van der Waals surface area contributed by atoms with Gasteiger partial charge < -0.3 is 0 Å². The third kappa shape index (κ3) is 6.32. The summed E-state index contributed by atoms with van der Waals surface area (Å²) < 4.78 is 167. The first kappa shape index (κ1) is 39.4. The third-order valence-electron chi connectivity index (χ3n) is 8.40. The summed E-state index contributed by atoms with van der Waals surface area (Å²) in [5.41, 5.74) is -21.0. The van der Waals surface area contributed by atoms with Crippen LogP contribution in [-0.2, 0) is 24.7 Å². The predicted molar refractivity (Wildman–Crippen MR) is 165 cm³/mol. The van der Waals surface area contributed by atoms with Crippen LogP contribution < -0.4 is 0 Å². The second kappa shape index (κ2) is 13.3. The van der Waals surface area contributed by atoms with Gasteiger partial charge in [0.05, 0.1) is 39.0 Å². The van der Waals surface area contributed by atoms with Crippen LogP contribution in [0.15, 0.2) is 53.6 Å². The molecule has 0 atom stereocenters. The van der Waals surface area contributed by atoms with Crippen LogP contribution in [0.3, 0.4) is 0 Å². The first-order valence-electron chi connectivity index (χ1n) is 14.6. The number of nitrogens with zero attached hydrogens (tertiary/aromatic N) is 7. The molecule has 0 N–H and O–H groups in total. The molecular weight excluding hydrogens is 770 g/mol. The fourth-order valence-electron chi connectivity index (χ4n) is 6.27. The average Bonchev–Trinajstić information content (AvgIpc) is 3.62. The number of allylic oxidation sites excluding steroid dienone is 8. The third-order valence-corrected chi connectivity index (χ3v) is 8.40. The van der Waals surface area contributed by atoms with Crippen molar-refractivity contribution in [2.75, 3.05) is 0 Å². The molecule has 0 aromatic heterocycles. The summed E-state index contributed by atoms with van der Waals surface area (Å²) >= 11 is 0. The highest BCUT2D eigenvalue weighted by Crippen LogP contribution is 2.57. The molecule has 0 radical (unpaired) electrons. The fraction of sp³-hybridized carbons (Fsp3) is 0.108. The Morgan fingerprint density at radius 3 is 0.893 bits per heavy atom. The molecule has 56 heavy (non-hydrogen) atoms. The van der Waals surface area contributed by atoms with Gasteiger partial charge in [-0.25, -0.2) is 0 Å². The zero-order valence-electron chi connectivity index (χ0n) is 26.7. The quantitative estimate of drug-likeness (QED) is 0.184. The molecule has 0 heterocycles. The Morgan fingerprint density at radius 2 is 0.679 bits per heavy atom. The number of fused-ring (bicyclic) bond motifs is 2. The van der Waals surface area contributed by atoms with Crippen LogP contribution >= 0.6 is 0 Å². The molecule has 0 spiro atoms. The molecule has 5 rings (SSSR count). The fourth-order valence-corrected chi connectivity index (χ4v) is 6.27. The van der Waals surface area contributed by atoms with E-state index >= 15 is 0 Å². The van der Waals surface area contributed by atoms with E-state index in [1.54, 1.807) is 6.07 Å². The normalized spacial score (nSPS) is 13.7. The largest absolute Gasteiger partial charge is 0.416 e. The van der Waals surface area contributed by atoms with E-state index in [0.717, 1.165) is 6.07 Å². The monoisotopic (exact) mass is 777 g/mol. The molecule has 7 nitrogen and oxygen atoms in total. The standard InChI is InChI=1S/C37H7F12N7/c38-34(39,40)19-1-15(2-20(5-19)35(41,42)43)28-25(12-54)32-23(30(28)17(8-50)9-51)7-24-31(18(10-52)11-53)29(26(13-55)33(24)27(32)14-56)16-3-21(36(44,45)46)6-22(4-16)37(47,48)49/h1-7H. The van der Waals surface area contributed by atoms with Crippen molar-refractivity contribution in [1.29, 1.82) is 36.8 Å². The Morgan fingerprint density at radius 1 is 0.393 bits per heavy atom. The minimum absolute atomic E-state index is 0.152. The summed E-state index contributed by atoms with van der Waals surface area (Å²) in [5, 5.41) is 70.8. The van der Waals surface area contributed by atoms with Crippen molar-refractivity contribution in [3.8, 4) is 42.5 Å². The van der Waals surface area contributed by atoms with Crippen LogP contribution in [0.5, 0.6) is 0 Å². The molecule has 0 saturated carbocycles. The summed E-state index contributed by atoms with van der Waals surface area (Å²) in [5.74, 6) is 0. The highest BCUT2D eigenvalue weighted by Gasteiger charge is 2.44. The van der Waals surface area contributed by atoms with Gasteiger partial charge in [-0.1, -0.05) is 0 Å². The molecule has 274 valence electrons. The summed E-state index contributed by atoms with van der Waals surface area (Å²) in [6.45, 7) is 0. The molecule has 3 aromatic rings. The Balaban J connectivity index is 2.06. The summed E-state index contributed by atoms with van der Waals surface area (Å²) in [7, 11) is 0. The van der Waals surface area contributed by atoms with Crippen LogP contribution in [0, 0.1) is 79.3 Å². The number of rotatable bonds is 2. The highest BCUT2D eigenvalue weighted by atomic mass is 19.4. The highest BCUT2D eigenvalue weighted by molar-refractivity contribution is 6.31. The van der Waals surface area contributed by atoms with Gasteiger partial charge in [-0.2, -0.15) is 89.5 Å². The number of hydrogen-bond acceptors (Lipinski definition) is 7. The lowest BCUT2D eigenvalue weighted by atomic mass is 9.86. The molecule has 0 aliphatic heterocycles. The minimum atomic E-state index is -5.45. The maximum Gasteiger partial charge on any atom is 0.416 e. The number of nitriles is 7. The van der Waals surface area contributed by atoms with Gasteiger partial charge in [0.2, 0.25) is 0 Å². The Bertz CT molecular complexity index is 2480. The van der Waals surface area contributed by atoms with E-state index in [-0.39, 0.29) is 36.4 Å². The molecule has 2 aliphatic rings. The maximum absolute atomic E-state index is 13.9. The van der Waals surface area contributed by atoms with E-state index in [1.165, 1.54) is 36.4 Å². The number of benzene rings is 3. The molecule has 19 heteroatoms. The van der Waals surface area contributed by atoms with Gasteiger partial charge in [-0.15, -0.1) is 0 Å². The van der Waals surface area contributed by atoms with E-state index in [4.69, 9.17) is 0 Å². The molecule has 0 amide bonds. The van der Waals surface area contributed by atoms with E-state index in [0.29, 0.717) is 0 Å². The lowest BCUT2D eigenvalue weighted by Gasteiger charge is -2.17. The number of hydrogen-bond donors (Lipinski definition) is 0. The van der Waals surface area contributed by atoms with Gasteiger partial charge in [0.15, 0.2) is 0 Å². The van der Waals surface area contributed by atoms with Crippen LogP contribution in [0.4, 0.5) is 52.7 Å². The van der Waals surface area contributed by atoms with Crippen LogP contribution in [-0.4, -0.2) is 0 Å². The lowest BCUT2D eigenvalue weighted by Crippen LogP contribution is -2.12. The van der Waals surface area contributed by atoms with Crippen molar-refractivity contribution >= 4 is 33.4 Å². The molecule has 0 unspecified atom stereocenters. The van der Waals surface area contributed by atoms with Crippen molar-refractivity contribution in [2.24, 2.45) is 0 Å². The topological polar surface area (TPSA) is 167 Å². The zero-order chi connectivity index (χ0) is 41.9. The molecule has 0 bridgehead atoms. The lowest BCUT2D eigenvalue weighted by molar-refractivity contribution is -0.144. The molecular formula is C37H7F12N7. The maximum atomic E-state index is 13.9. The predicted octanol–water partition coefficient (Wildman–Crippen LogP) is 10.1. The van der Waals surface area contributed by atoms with Gasteiger partial charge in [-0.3, -0.25) is 0 Å². The SMILES string of the molecule is N#CC(C#N)=C1C(c2cc(C(F)(F)F)cc(C(F)(F)F)c2)=C(C#N)c2c1cc1c(c2C#N)C(C#N)=C(c2cc(C(F)(F)F)cc(C(F)(F)F)c2)C1=C(C#N)C#N. The van der Waals surface area contributed by atoms with Crippen molar-refractivity contribution in [3.05, 3.63) is 115 Å². The first-order chi connectivity index (χ1) is 26.0. The average molecular weight is 777 g/mol. The van der Waals surface area contributed by atoms with Crippen LogP contribution in [0.2, 0.25) is 0 Å². The second-order valence-corrected chi connectivity index (χ2v) is 11.5. The van der Waals surface area contributed by atoms with E-state index < -0.39 is 130 Å². The van der Waals surface area contributed by atoms with Gasteiger partial charge in [0.1, 0.15) is 53.6 Å². The van der Waals surface area contributed by atoms with Crippen molar-refractivity contribution in [1.82, 2.24) is 0 Å². The molecule has 3 aromatic carbocycles. The Hall–Kier alpha value is -7.79. The van der Waals surface area contributed by atoms with E-state index in [2.05, 4.69) is 0 Å². The molecule has 2 aliphatic carbocycles. The van der Waals surface area contributed by atoms with E-state index in [9.17, 15) is 89.5 Å². The van der Waals surface area contributed by atoms with Gasteiger partial charge >= 0.3 is 24.7 Å². The summed E-state index contributed by atoms with van der Waals surface area (Å²) in [6.07, 6.45) is -21.8. The van der Waals surface area contributed by atoms with Crippen LogP contribution in [0.25, 0.3) is 33.4 Å². The number of halogens is 12. The number of alkyl halides is 12. The van der Waals surface area contributed by atoms with Crippen LogP contribution in [0.1, 0.15) is 61.2 Å². The van der Waals surface area contributed by atoms with Gasteiger partial charge in [-0.05, 0) is 64.7 Å². The van der Waals surface area contributed by atoms with Crippen molar-refractivity contribution in [2.45, 2.75) is 24.7 Å². The summed E-state index contributed by atoms with van der Waals surface area (Å²) in [6, 6.07) is 10.9. The zero-order valence-corrected chi connectivity index (χ0v) is 26.7. The van der Waals surface area contributed by atoms with Gasteiger partial charge in [0.25, 0.3) is 0 Å². The summed E-state index contributed by atoms with van der Waals surface area (Å²) in [4.78, 5) is 0. The smallest absolute Gasteiger partial charge is 0.192 e.